The lowest BCUT2D eigenvalue weighted by Crippen LogP contribution is -2.19. The Morgan fingerprint density at radius 1 is 1.15 bits per heavy atom. The number of nitrogens with one attached hydrogen (secondary N) is 2. The molecule has 0 aliphatic rings. The summed E-state index contributed by atoms with van der Waals surface area (Å²) in [6.45, 7) is 1.88. The molecule has 1 aromatic heterocycles. The first-order valence-corrected chi connectivity index (χ1v) is 6.25. The largest absolute Gasteiger partial charge is 0.497 e. The molecule has 5 nitrogen and oxygen atoms in total. The zero-order valence-corrected chi connectivity index (χ0v) is 11.7. The second-order valence-corrected chi connectivity index (χ2v) is 4.28. The van der Waals surface area contributed by atoms with Crippen LogP contribution < -0.4 is 15.4 Å². The van der Waals surface area contributed by atoms with Crippen molar-refractivity contribution in [2.75, 3.05) is 19.5 Å². The normalized spacial score (nSPS) is 9.95. The number of ether oxygens (including phenoxy) is 1. The summed E-state index contributed by atoms with van der Waals surface area (Å²) < 4.78 is 5.11. The van der Waals surface area contributed by atoms with Crippen molar-refractivity contribution in [2.24, 2.45) is 0 Å². The van der Waals surface area contributed by atoms with Gasteiger partial charge in [-0.2, -0.15) is 0 Å². The van der Waals surface area contributed by atoms with Crippen molar-refractivity contribution < 1.29 is 9.53 Å². The summed E-state index contributed by atoms with van der Waals surface area (Å²) in [5.74, 6) is 1.14. The molecule has 5 heteroatoms. The molecule has 2 N–H and O–H groups in total. The third-order valence-corrected chi connectivity index (χ3v) is 2.86. The molecule has 1 heterocycles. The molecular formula is C15H17N3O2. The lowest BCUT2D eigenvalue weighted by Gasteiger charge is -2.11. The van der Waals surface area contributed by atoms with Crippen molar-refractivity contribution in [2.45, 2.75) is 6.92 Å². The van der Waals surface area contributed by atoms with Gasteiger partial charge in [0.05, 0.1) is 12.7 Å². The Bertz CT molecular complexity index is 609. The lowest BCUT2D eigenvalue weighted by atomic mass is 10.2. The maximum absolute atomic E-state index is 11.8. The van der Waals surface area contributed by atoms with Crippen molar-refractivity contribution in [3.05, 3.63) is 47.7 Å². The minimum absolute atomic E-state index is 0.173. The molecule has 0 fully saturated rings. The van der Waals surface area contributed by atoms with Crippen molar-refractivity contribution in [3.8, 4) is 5.75 Å². The molecule has 104 valence electrons. The summed E-state index contributed by atoms with van der Waals surface area (Å²) in [7, 11) is 3.22. The van der Waals surface area contributed by atoms with Crippen LogP contribution in [-0.2, 0) is 0 Å². The molecule has 1 amide bonds. The van der Waals surface area contributed by atoms with E-state index < -0.39 is 0 Å². The quantitative estimate of drug-likeness (QED) is 0.896. The molecule has 2 rings (SSSR count). The third-order valence-electron chi connectivity index (χ3n) is 2.86. The SMILES string of the molecule is CNC(=O)c1ccc(C)nc1Nc1ccc(OC)cc1. The van der Waals surface area contributed by atoms with Gasteiger partial charge in [-0.05, 0) is 43.3 Å². The van der Waals surface area contributed by atoms with Crippen LogP contribution >= 0.6 is 0 Å². The van der Waals surface area contributed by atoms with Gasteiger partial charge < -0.3 is 15.4 Å². The number of aromatic nitrogens is 1. The Kier molecular flexibility index (Phi) is 4.20. The van der Waals surface area contributed by atoms with Gasteiger partial charge in [0, 0.05) is 18.4 Å². The van der Waals surface area contributed by atoms with Gasteiger partial charge in [-0.1, -0.05) is 0 Å². The Hall–Kier alpha value is -2.56. The Morgan fingerprint density at radius 2 is 1.85 bits per heavy atom. The first-order chi connectivity index (χ1) is 9.63. The number of hydrogen-bond donors (Lipinski definition) is 2. The maximum atomic E-state index is 11.8. The van der Waals surface area contributed by atoms with Crippen LogP contribution in [0.3, 0.4) is 0 Å². The van der Waals surface area contributed by atoms with Crippen LogP contribution in [0.25, 0.3) is 0 Å². The standard InChI is InChI=1S/C15H17N3O2/c1-10-4-9-13(15(19)16-2)14(17-10)18-11-5-7-12(20-3)8-6-11/h4-9H,1-3H3,(H,16,19)(H,17,18). The van der Waals surface area contributed by atoms with Crippen LogP contribution in [0.1, 0.15) is 16.1 Å². The number of anilines is 2. The van der Waals surface area contributed by atoms with Gasteiger partial charge >= 0.3 is 0 Å². The first-order valence-electron chi connectivity index (χ1n) is 6.25. The number of benzene rings is 1. The number of methoxy groups -OCH3 is 1. The van der Waals surface area contributed by atoms with Crippen LogP contribution in [0.4, 0.5) is 11.5 Å². The number of hydrogen-bond acceptors (Lipinski definition) is 4. The van der Waals surface area contributed by atoms with E-state index in [4.69, 9.17) is 4.74 Å². The topological polar surface area (TPSA) is 63.2 Å². The van der Waals surface area contributed by atoms with Crippen LogP contribution in [0.15, 0.2) is 36.4 Å². The zero-order chi connectivity index (χ0) is 14.5. The Morgan fingerprint density at radius 3 is 2.45 bits per heavy atom. The molecule has 0 bridgehead atoms. The van der Waals surface area contributed by atoms with Crippen molar-refractivity contribution >= 4 is 17.4 Å². The molecule has 0 saturated heterocycles. The minimum atomic E-state index is -0.173. The molecule has 0 aliphatic heterocycles. The monoisotopic (exact) mass is 271 g/mol. The lowest BCUT2D eigenvalue weighted by molar-refractivity contribution is 0.0963. The van der Waals surface area contributed by atoms with Gasteiger partial charge in [0.15, 0.2) is 0 Å². The highest BCUT2D eigenvalue weighted by atomic mass is 16.5. The highest BCUT2D eigenvalue weighted by Crippen LogP contribution is 2.21. The summed E-state index contributed by atoms with van der Waals surface area (Å²) >= 11 is 0. The summed E-state index contributed by atoms with van der Waals surface area (Å²) in [6.07, 6.45) is 0. The van der Waals surface area contributed by atoms with Crippen molar-refractivity contribution in [1.82, 2.24) is 10.3 Å². The molecule has 0 aliphatic carbocycles. The molecule has 20 heavy (non-hydrogen) atoms. The number of rotatable bonds is 4. The number of amides is 1. The fraction of sp³-hybridized carbons (Fsp3) is 0.200. The molecule has 2 aromatic rings. The molecular weight excluding hydrogens is 254 g/mol. The van der Waals surface area contributed by atoms with Crippen molar-refractivity contribution in [1.29, 1.82) is 0 Å². The van der Waals surface area contributed by atoms with E-state index in [0.717, 1.165) is 17.1 Å². The van der Waals surface area contributed by atoms with Crippen molar-refractivity contribution in [3.63, 3.8) is 0 Å². The van der Waals surface area contributed by atoms with E-state index in [1.807, 2.05) is 37.3 Å². The third kappa shape index (κ3) is 3.06. The molecule has 0 radical (unpaired) electrons. The van der Waals surface area contributed by atoms with Gasteiger partial charge in [0.25, 0.3) is 5.91 Å². The van der Waals surface area contributed by atoms with Gasteiger partial charge in [-0.25, -0.2) is 4.98 Å². The second-order valence-electron chi connectivity index (χ2n) is 4.28. The predicted molar refractivity (Wildman–Crippen MR) is 78.6 cm³/mol. The highest BCUT2D eigenvalue weighted by molar-refractivity contribution is 5.99. The predicted octanol–water partition coefficient (Wildman–Crippen LogP) is 2.50. The van der Waals surface area contributed by atoms with Crippen LogP contribution in [0.2, 0.25) is 0 Å². The van der Waals surface area contributed by atoms with Gasteiger partial charge in [0.2, 0.25) is 0 Å². The number of carbonyl (C=O) groups excluding carboxylic acids is 1. The fourth-order valence-corrected chi connectivity index (χ4v) is 1.78. The van der Waals surface area contributed by atoms with E-state index in [1.165, 1.54) is 0 Å². The summed E-state index contributed by atoms with van der Waals surface area (Å²) in [4.78, 5) is 16.2. The maximum Gasteiger partial charge on any atom is 0.254 e. The van der Waals surface area contributed by atoms with E-state index in [9.17, 15) is 4.79 Å². The summed E-state index contributed by atoms with van der Waals surface area (Å²) in [6, 6.07) is 11.0. The van der Waals surface area contributed by atoms with E-state index in [0.29, 0.717) is 11.4 Å². The number of aryl methyl sites for hydroxylation is 1. The average Bonchev–Trinajstić information content (AvgIpc) is 2.47. The van der Waals surface area contributed by atoms with Crippen LogP contribution in [0, 0.1) is 6.92 Å². The zero-order valence-electron chi connectivity index (χ0n) is 11.7. The fourth-order valence-electron chi connectivity index (χ4n) is 1.78. The molecule has 0 spiro atoms. The van der Waals surface area contributed by atoms with Crippen LogP contribution in [-0.4, -0.2) is 25.0 Å². The highest BCUT2D eigenvalue weighted by Gasteiger charge is 2.11. The Labute approximate surface area is 118 Å². The van der Waals surface area contributed by atoms with E-state index in [-0.39, 0.29) is 5.91 Å². The smallest absolute Gasteiger partial charge is 0.254 e. The molecule has 0 saturated carbocycles. The Balaban J connectivity index is 2.31. The van der Waals surface area contributed by atoms with Gasteiger partial charge in [-0.3, -0.25) is 4.79 Å². The summed E-state index contributed by atoms with van der Waals surface area (Å²) in [5, 5.41) is 5.76. The molecule has 1 aromatic carbocycles. The number of nitrogens with zero attached hydrogens (tertiary/aromatic N) is 1. The average molecular weight is 271 g/mol. The molecule has 0 atom stereocenters. The van der Waals surface area contributed by atoms with E-state index >= 15 is 0 Å². The van der Waals surface area contributed by atoms with Crippen LogP contribution in [0.5, 0.6) is 5.75 Å². The van der Waals surface area contributed by atoms with E-state index in [2.05, 4.69) is 15.6 Å². The minimum Gasteiger partial charge on any atom is -0.497 e. The van der Waals surface area contributed by atoms with Gasteiger partial charge in [-0.15, -0.1) is 0 Å². The second kappa shape index (κ2) is 6.06. The first kappa shape index (κ1) is 13.9. The van der Waals surface area contributed by atoms with E-state index in [1.54, 1.807) is 20.2 Å². The number of carbonyl (C=O) groups is 1. The molecule has 0 unspecified atom stereocenters. The van der Waals surface area contributed by atoms with Gasteiger partial charge in [0.1, 0.15) is 11.6 Å². The summed E-state index contributed by atoms with van der Waals surface area (Å²) in [5.41, 5.74) is 2.19. The number of pyridine rings is 1.